The molecular weight excluding hydrogens is 238 g/mol. The van der Waals surface area contributed by atoms with Gasteiger partial charge in [-0.3, -0.25) is 0 Å². The number of aromatic nitrogens is 2. The van der Waals surface area contributed by atoms with E-state index in [4.69, 9.17) is 4.74 Å². The predicted molar refractivity (Wildman–Crippen MR) is 77.6 cm³/mol. The van der Waals surface area contributed by atoms with Crippen molar-refractivity contribution >= 4 is 5.82 Å². The zero-order valence-corrected chi connectivity index (χ0v) is 12.1. The van der Waals surface area contributed by atoms with Gasteiger partial charge in [0.1, 0.15) is 12.1 Å². The first kappa shape index (κ1) is 14.1. The Morgan fingerprint density at radius 2 is 2.11 bits per heavy atom. The summed E-state index contributed by atoms with van der Waals surface area (Å²) >= 11 is 0. The molecule has 0 unspecified atom stereocenters. The van der Waals surface area contributed by atoms with Gasteiger partial charge < -0.3 is 10.1 Å². The minimum absolute atomic E-state index is 0.638. The van der Waals surface area contributed by atoms with Crippen molar-refractivity contribution in [2.24, 2.45) is 5.92 Å². The molecule has 0 radical (unpaired) electrons. The van der Waals surface area contributed by atoms with Crippen LogP contribution in [-0.2, 0) is 0 Å². The zero-order valence-electron chi connectivity index (χ0n) is 12.1. The van der Waals surface area contributed by atoms with Crippen LogP contribution in [0.25, 0.3) is 0 Å². The minimum Gasteiger partial charge on any atom is -0.478 e. The van der Waals surface area contributed by atoms with Crippen LogP contribution in [0, 0.1) is 12.8 Å². The third-order valence-corrected chi connectivity index (χ3v) is 3.88. The van der Waals surface area contributed by atoms with Crippen LogP contribution in [0.1, 0.15) is 51.0 Å². The highest BCUT2D eigenvalue weighted by atomic mass is 16.5. The molecule has 0 spiro atoms. The largest absolute Gasteiger partial charge is 0.478 e. The molecule has 0 aliphatic heterocycles. The molecule has 2 rings (SSSR count). The average molecular weight is 263 g/mol. The third kappa shape index (κ3) is 4.08. The van der Waals surface area contributed by atoms with Gasteiger partial charge in [0.2, 0.25) is 5.88 Å². The molecule has 0 bridgehead atoms. The summed E-state index contributed by atoms with van der Waals surface area (Å²) in [5, 5.41) is 3.40. The van der Waals surface area contributed by atoms with Gasteiger partial charge in [-0.1, -0.05) is 25.7 Å². The average Bonchev–Trinajstić information content (AvgIpc) is 2.92. The van der Waals surface area contributed by atoms with E-state index >= 15 is 0 Å². The molecule has 1 saturated carbocycles. The van der Waals surface area contributed by atoms with E-state index in [1.807, 2.05) is 13.8 Å². The molecule has 1 aromatic rings. The highest BCUT2D eigenvalue weighted by Crippen LogP contribution is 2.28. The summed E-state index contributed by atoms with van der Waals surface area (Å²) in [5.41, 5.74) is 1.00. The van der Waals surface area contributed by atoms with Crippen molar-refractivity contribution in [1.29, 1.82) is 0 Å². The van der Waals surface area contributed by atoms with Crippen molar-refractivity contribution in [3.63, 3.8) is 0 Å². The Bertz CT molecular complexity index is 389. The van der Waals surface area contributed by atoms with E-state index in [1.165, 1.54) is 38.5 Å². The van der Waals surface area contributed by atoms with Gasteiger partial charge in [0, 0.05) is 6.54 Å². The summed E-state index contributed by atoms with van der Waals surface area (Å²) in [5.74, 6) is 2.56. The van der Waals surface area contributed by atoms with Crippen molar-refractivity contribution in [2.75, 3.05) is 18.5 Å². The third-order valence-electron chi connectivity index (χ3n) is 3.88. The topological polar surface area (TPSA) is 47.0 Å². The van der Waals surface area contributed by atoms with Gasteiger partial charge >= 0.3 is 0 Å². The summed E-state index contributed by atoms with van der Waals surface area (Å²) in [7, 11) is 0. The number of hydrogen-bond acceptors (Lipinski definition) is 4. The Kier molecular flexibility index (Phi) is 5.43. The standard InChI is InChI=1S/C15H25N3O/c1-3-19-15-12(2)14(17-11-18-15)16-10-6-9-13-7-4-5-8-13/h11,13H,3-10H2,1-2H3,(H,16,17,18). The van der Waals surface area contributed by atoms with Gasteiger partial charge in [-0.05, 0) is 32.6 Å². The first-order chi connectivity index (χ1) is 9.31. The first-order valence-electron chi connectivity index (χ1n) is 7.49. The number of ether oxygens (including phenoxy) is 1. The highest BCUT2D eigenvalue weighted by Gasteiger charge is 2.14. The van der Waals surface area contributed by atoms with Gasteiger partial charge in [0.25, 0.3) is 0 Å². The van der Waals surface area contributed by atoms with E-state index in [1.54, 1.807) is 6.33 Å². The van der Waals surface area contributed by atoms with Gasteiger partial charge in [0.05, 0.1) is 12.2 Å². The second-order valence-electron chi connectivity index (χ2n) is 5.30. The lowest BCUT2D eigenvalue weighted by atomic mass is 10.0. The second kappa shape index (κ2) is 7.31. The van der Waals surface area contributed by atoms with E-state index in [2.05, 4.69) is 15.3 Å². The predicted octanol–water partition coefficient (Wildman–Crippen LogP) is 3.57. The Labute approximate surface area is 116 Å². The Morgan fingerprint density at radius 1 is 1.32 bits per heavy atom. The molecule has 1 N–H and O–H groups in total. The lowest BCUT2D eigenvalue weighted by molar-refractivity contribution is 0.324. The normalized spacial score (nSPS) is 15.7. The summed E-state index contributed by atoms with van der Waals surface area (Å²) in [6.07, 6.45) is 9.86. The van der Waals surface area contributed by atoms with E-state index in [0.717, 1.165) is 23.8 Å². The SMILES string of the molecule is CCOc1ncnc(NCCCC2CCCC2)c1C. The van der Waals surface area contributed by atoms with Crippen LogP contribution in [0.3, 0.4) is 0 Å². The maximum Gasteiger partial charge on any atom is 0.221 e. The molecule has 106 valence electrons. The lowest BCUT2D eigenvalue weighted by Crippen LogP contribution is -2.08. The number of nitrogens with one attached hydrogen (secondary N) is 1. The van der Waals surface area contributed by atoms with Gasteiger partial charge in [-0.2, -0.15) is 0 Å². The molecule has 0 aromatic carbocycles. The van der Waals surface area contributed by atoms with E-state index in [-0.39, 0.29) is 0 Å². The van der Waals surface area contributed by atoms with Crippen LogP contribution in [0.4, 0.5) is 5.82 Å². The Morgan fingerprint density at radius 3 is 2.84 bits per heavy atom. The minimum atomic E-state index is 0.638. The molecule has 1 aliphatic carbocycles. The van der Waals surface area contributed by atoms with Crippen molar-refractivity contribution in [2.45, 2.75) is 52.4 Å². The van der Waals surface area contributed by atoms with Crippen LogP contribution in [0.2, 0.25) is 0 Å². The number of anilines is 1. The Balaban J connectivity index is 1.77. The molecule has 1 fully saturated rings. The van der Waals surface area contributed by atoms with Crippen LogP contribution in [0.15, 0.2) is 6.33 Å². The molecule has 0 saturated heterocycles. The smallest absolute Gasteiger partial charge is 0.221 e. The molecule has 0 amide bonds. The van der Waals surface area contributed by atoms with Crippen molar-refractivity contribution in [3.05, 3.63) is 11.9 Å². The molecule has 1 aromatic heterocycles. The molecular formula is C15H25N3O. The summed E-state index contributed by atoms with van der Waals surface area (Å²) in [4.78, 5) is 8.43. The van der Waals surface area contributed by atoms with Crippen LogP contribution in [-0.4, -0.2) is 23.1 Å². The maximum absolute atomic E-state index is 5.47. The van der Waals surface area contributed by atoms with E-state index in [9.17, 15) is 0 Å². The first-order valence-corrected chi connectivity index (χ1v) is 7.49. The molecule has 1 aliphatic rings. The van der Waals surface area contributed by atoms with Gasteiger partial charge in [-0.25, -0.2) is 9.97 Å². The highest BCUT2D eigenvalue weighted by molar-refractivity contribution is 5.47. The van der Waals surface area contributed by atoms with E-state index in [0.29, 0.717) is 12.5 Å². The van der Waals surface area contributed by atoms with Crippen molar-refractivity contribution < 1.29 is 4.74 Å². The summed E-state index contributed by atoms with van der Waals surface area (Å²) < 4.78 is 5.47. The van der Waals surface area contributed by atoms with Crippen molar-refractivity contribution in [1.82, 2.24) is 9.97 Å². The van der Waals surface area contributed by atoms with Crippen LogP contribution < -0.4 is 10.1 Å². The van der Waals surface area contributed by atoms with Crippen LogP contribution >= 0.6 is 0 Å². The van der Waals surface area contributed by atoms with Gasteiger partial charge in [0.15, 0.2) is 0 Å². The summed E-state index contributed by atoms with van der Waals surface area (Å²) in [6.45, 7) is 5.60. The van der Waals surface area contributed by atoms with E-state index < -0.39 is 0 Å². The molecule has 4 heteroatoms. The quantitative estimate of drug-likeness (QED) is 0.764. The zero-order chi connectivity index (χ0) is 13.5. The fourth-order valence-corrected chi connectivity index (χ4v) is 2.79. The maximum atomic E-state index is 5.47. The fourth-order valence-electron chi connectivity index (χ4n) is 2.79. The molecule has 0 atom stereocenters. The van der Waals surface area contributed by atoms with Crippen molar-refractivity contribution in [3.8, 4) is 5.88 Å². The van der Waals surface area contributed by atoms with Gasteiger partial charge in [-0.15, -0.1) is 0 Å². The summed E-state index contributed by atoms with van der Waals surface area (Å²) in [6, 6.07) is 0. The molecule has 19 heavy (non-hydrogen) atoms. The number of rotatable bonds is 7. The second-order valence-corrected chi connectivity index (χ2v) is 5.30. The number of nitrogens with zero attached hydrogens (tertiary/aromatic N) is 2. The number of hydrogen-bond donors (Lipinski definition) is 1. The molecule has 1 heterocycles. The fraction of sp³-hybridized carbons (Fsp3) is 0.733. The molecule has 4 nitrogen and oxygen atoms in total. The Hall–Kier alpha value is -1.32. The monoisotopic (exact) mass is 263 g/mol. The van der Waals surface area contributed by atoms with Crippen LogP contribution in [0.5, 0.6) is 5.88 Å². The lowest BCUT2D eigenvalue weighted by Gasteiger charge is -2.12.